The lowest BCUT2D eigenvalue weighted by atomic mass is 10.1. The molecule has 0 bridgehead atoms. The van der Waals surface area contributed by atoms with Gasteiger partial charge in [0.1, 0.15) is 12.0 Å². The van der Waals surface area contributed by atoms with Gasteiger partial charge in [0.05, 0.1) is 11.8 Å². The van der Waals surface area contributed by atoms with Gasteiger partial charge in [0, 0.05) is 26.2 Å². The predicted octanol–water partition coefficient (Wildman–Crippen LogP) is 2.26. The van der Waals surface area contributed by atoms with Crippen LogP contribution in [0, 0.1) is 13.8 Å². The van der Waals surface area contributed by atoms with Crippen LogP contribution in [0.25, 0.3) is 0 Å². The van der Waals surface area contributed by atoms with Crippen LogP contribution in [-0.2, 0) is 4.79 Å². The minimum absolute atomic E-state index is 0.0139. The van der Waals surface area contributed by atoms with E-state index in [2.05, 4.69) is 0 Å². The smallest absolute Gasteiger partial charge is 0.260 e. The van der Waals surface area contributed by atoms with Gasteiger partial charge in [-0.15, -0.1) is 0 Å². The number of furan rings is 1. The maximum absolute atomic E-state index is 12.4. The van der Waals surface area contributed by atoms with Gasteiger partial charge in [-0.05, 0) is 37.1 Å². The maximum Gasteiger partial charge on any atom is 0.260 e. The van der Waals surface area contributed by atoms with Crippen LogP contribution in [0.2, 0.25) is 0 Å². The summed E-state index contributed by atoms with van der Waals surface area (Å²) in [7, 11) is 0. The van der Waals surface area contributed by atoms with E-state index in [-0.39, 0.29) is 18.4 Å². The highest BCUT2D eigenvalue weighted by molar-refractivity contribution is 5.94. The highest BCUT2D eigenvalue weighted by atomic mass is 16.5. The molecule has 6 heteroatoms. The van der Waals surface area contributed by atoms with E-state index in [0.717, 1.165) is 16.9 Å². The first-order chi connectivity index (χ1) is 12.0. The first kappa shape index (κ1) is 17.1. The second kappa shape index (κ2) is 7.42. The molecule has 132 valence electrons. The Morgan fingerprint density at radius 3 is 2.48 bits per heavy atom. The fraction of sp³-hybridized carbons (Fsp3) is 0.368. The molecule has 2 heterocycles. The van der Waals surface area contributed by atoms with Gasteiger partial charge in [-0.1, -0.05) is 12.1 Å². The number of carbonyl (C=O) groups excluding carboxylic acids is 2. The number of ether oxygens (including phenoxy) is 1. The molecule has 0 saturated carbocycles. The fourth-order valence-electron chi connectivity index (χ4n) is 2.82. The second-order valence-corrected chi connectivity index (χ2v) is 6.24. The van der Waals surface area contributed by atoms with Crippen molar-refractivity contribution < 1.29 is 18.7 Å². The lowest BCUT2D eigenvalue weighted by molar-refractivity contribution is -0.134. The van der Waals surface area contributed by atoms with E-state index >= 15 is 0 Å². The highest BCUT2D eigenvalue weighted by Gasteiger charge is 2.25. The number of hydrogen-bond acceptors (Lipinski definition) is 4. The lowest BCUT2D eigenvalue weighted by Crippen LogP contribution is -2.51. The minimum Gasteiger partial charge on any atom is -0.483 e. The van der Waals surface area contributed by atoms with Crippen molar-refractivity contribution in [1.82, 2.24) is 9.80 Å². The Morgan fingerprint density at radius 1 is 1.08 bits per heavy atom. The topological polar surface area (TPSA) is 63.0 Å². The van der Waals surface area contributed by atoms with Gasteiger partial charge in [0.25, 0.3) is 11.8 Å². The number of rotatable bonds is 4. The van der Waals surface area contributed by atoms with Crippen molar-refractivity contribution in [3.8, 4) is 5.75 Å². The van der Waals surface area contributed by atoms with Crippen LogP contribution >= 0.6 is 0 Å². The number of aryl methyl sites for hydroxylation is 2. The summed E-state index contributed by atoms with van der Waals surface area (Å²) in [4.78, 5) is 28.1. The lowest BCUT2D eigenvalue weighted by Gasteiger charge is -2.34. The van der Waals surface area contributed by atoms with Crippen molar-refractivity contribution in [3.05, 3.63) is 53.5 Å². The Kier molecular flexibility index (Phi) is 5.07. The summed E-state index contributed by atoms with van der Waals surface area (Å²) in [6, 6.07) is 7.58. The standard InChI is InChI=1S/C19H22N2O4/c1-14-3-4-15(2)17(11-14)25-13-18(22)20-6-8-21(9-7-20)19(23)16-5-10-24-12-16/h3-5,10-12H,6-9,13H2,1-2H3. The summed E-state index contributed by atoms with van der Waals surface area (Å²) >= 11 is 0. The van der Waals surface area contributed by atoms with E-state index in [1.807, 2.05) is 32.0 Å². The summed E-state index contributed by atoms with van der Waals surface area (Å²) in [5.41, 5.74) is 2.64. The molecule has 2 aromatic rings. The number of amides is 2. The normalized spacial score (nSPS) is 14.5. The molecule has 0 aliphatic carbocycles. The Labute approximate surface area is 147 Å². The van der Waals surface area contributed by atoms with Crippen molar-refractivity contribution in [2.75, 3.05) is 32.8 Å². The van der Waals surface area contributed by atoms with Crippen molar-refractivity contribution >= 4 is 11.8 Å². The molecule has 25 heavy (non-hydrogen) atoms. The molecule has 0 unspecified atom stereocenters. The van der Waals surface area contributed by atoms with Crippen LogP contribution in [0.15, 0.2) is 41.2 Å². The van der Waals surface area contributed by atoms with E-state index in [9.17, 15) is 9.59 Å². The number of hydrogen-bond donors (Lipinski definition) is 0. The molecule has 0 atom stereocenters. The van der Waals surface area contributed by atoms with Crippen LogP contribution in [0.3, 0.4) is 0 Å². The van der Waals surface area contributed by atoms with E-state index < -0.39 is 0 Å². The largest absolute Gasteiger partial charge is 0.483 e. The highest BCUT2D eigenvalue weighted by Crippen LogP contribution is 2.19. The number of carbonyl (C=O) groups is 2. The van der Waals surface area contributed by atoms with Crippen molar-refractivity contribution in [2.24, 2.45) is 0 Å². The summed E-state index contributed by atoms with van der Waals surface area (Å²) < 4.78 is 10.6. The van der Waals surface area contributed by atoms with Crippen LogP contribution < -0.4 is 4.74 Å². The summed E-state index contributed by atoms with van der Waals surface area (Å²) in [5.74, 6) is 0.617. The van der Waals surface area contributed by atoms with Gasteiger partial charge in [-0.3, -0.25) is 9.59 Å². The molecule has 0 radical (unpaired) electrons. The molecule has 6 nitrogen and oxygen atoms in total. The average molecular weight is 342 g/mol. The van der Waals surface area contributed by atoms with Gasteiger partial charge < -0.3 is 19.0 Å². The minimum atomic E-state index is -0.0625. The zero-order chi connectivity index (χ0) is 17.8. The zero-order valence-corrected chi connectivity index (χ0v) is 14.5. The van der Waals surface area contributed by atoms with Gasteiger partial charge in [-0.2, -0.15) is 0 Å². The fourth-order valence-corrected chi connectivity index (χ4v) is 2.82. The number of nitrogens with zero attached hydrogens (tertiary/aromatic N) is 2. The summed E-state index contributed by atoms with van der Waals surface area (Å²) in [6.45, 7) is 6.01. The zero-order valence-electron chi connectivity index (χ0n) is 14.5. The first-order valence-corrected chi connectivity index (χ1v) is 8.34. The van der Waals surface area contributed by atoms with Crippen molar-refractivity contribution in [1.29, 1.82) is 0 Å². The molecule has 1 aliphatic heterocycles. The molecule has 2 amide bonds. The second-order valence-electron chi connectivity index (χ2n) is 6.24. The maximum atomic E-state index is 12.4. The van der Waals surface area contributed by atoms with Crippen LogP contribution in [-0.4, -0.2) is 54.4 Å². The Bertz CT molecular complexity index is 747. The number of benzene rings is 1. The summed E-state index contributed by atoms with van der Waals surface area (Å²) in [6.07, 6.45) is 2.93. The van der Waals surface area contributed by atoms with E-state index in [1.165, 1.54) is 12.5 Å². The third-order valence-corrected chi connectivity index (χ3v) is 4.38. The van der Waals surface area contributed by atoms with E-state index in [0.29, 0.717) is 31.7 Å². The third-order valence-electron chi connectivity index (χ3n) is 4.38. The molecular weight excluding hydrogens is 320 g/mol. The molecule has 1 aromatic carbocycles. The molecule has 3 rings (SSSR count). The van der Waals surface area contributed by atoms with Crippen LogP contribution in [0.5, 0.6) is 5.75 Å². The molecule has 0 N–H and O–H groups in total. The van der Waals surface area contributed by atoms with Gasteiger partial charge in [0.2, 0.25) is 0 Å². The quantitative estimate of drug-likeness (QED) is 0.855. The number of piperazine rings is 1. The molecule has 1 saturated heterocycles. The Hall–Kier alpha value is -2.76. The SMILES string of the molecule is Cc1ccc(C)c(OCC(=O)N2CCN(C(=O)c3ccoc3)CC2)c1. The predicted molar refractivity (Wildman–Crippen MR) is 92.6 cm³/mol. The molecule has 1 aromatic heterocycles. The third kappa shape index (κ3) is 4.02. The van der Waals surface area contributed by atoms with Gasteiger partial charge in [-0.25, -0.2) is 0 Å². The monoisotopic (exact) mass is 342 g/mol. The van der Waals surface area contributed by atoms with Crippen molar-refractivity contribution in [3.63, 3.8) is 0 Å². The summed E-state index contributed by atoms with van der Waals surface area (Å²) in [5, 5.41) is 0. The Morgan fingerprint density at radius 2 is 1.80 bits per heavy atom. The molecule has 1 aliphatic rings. The molecule has 0 spiro atoms. The van der Waals surface area contributed by atoms with Gasteiger partial charge in [0.15, 0.2) is 6.61 Å². The van der Waals surface area contributed by atoms with E-state index in [4.69, 9.17) is 9.15 Å². The molecular formula is C19H22N2O4. The average Bonchev–Trinajstić information content (AvgIpc) is 3.16. The first-order valence-electron chi connectivity index (χ1n) is 8.34. The van der Waals surface area contributed by atoms with Gasteiger partial charge >= 0.3 is 0 Å². The van der Waals surface area contributed by atoms with Crippen LogP contribution in [0.1, 0.15) is 21.5 Å². The van der Waals surface area contributed by atoms with Crippen molar-refractivity contribution in [2.45, 2.75) is 13.8 Å². The molecule has 1 fully saturated rings. The van der Waals surface area contributed by atoms with E-state index in [1.54, 1.807) is 15.9 Å². The Balaban J connectivity index is 1.50. The van der Waals surface area contributed by atoms with Crippen LogP contribution in [0.4, 0.5) is 0 Å².